The van der Waals surface area contributed by atoms with Crippen molar-refractivity contribution in [2.75, 3.05) is 18.0 Å². The number of aromatic nitrogens is 2. The fourth-order valence-electron chi connectivity index (χ4n) is 1.94. The van der Waals surface area contributed by atoms with Crippen molar-refractivity contribution in [2.45, 2.75) is 33.1 Å². The van der Waals surface area contributed by atoms with E-state index in [0.29, 0.717) is 0 Å². The Morgan fingerprint density at radius 1 is 1.00 bits per heavy atom. The lowest BCUT2D eigenvalue weighted by atomic mass is 10.1. The first-order valence-electron chi connectivity index (χ1n) is 5.33. The highest BCUT2D eigenvalue weighted by Crippen LogP contribution is 2.16. The van der Waals surface area contributed by atoms with Gasteiger partial charge in [0.2, 0.25) is 5.95 Å². The smallest absolute Gasteiger partial charge is 0.225 e. The summed E-state index contributed by atoms with van der Waals surface area (Å²) in [5, 5.41) is 0. The SMILES string of the molecule is Cc1cc(C)nc(N2CCCCC2)n1. The Hall–Kier alpha value is -1.12. The molecule has 76 valence electrons. The zero-order chi connectivity index (χ0) is 9.97. The van der Waals surface area contributed by atoms with Crippen LogP contribution in [-0.2, 0) is 0 Å². The van der Waals surface area contributed by atoms with E-state index in [1.165, 1.54) is 19.3 Å². The highest BCUT2D eigenvalue weighted by Gasteiger charge is 2.13. The van der Waals surface area contributed by atoms with E-state index in [-0.39, 0.29) is 0 Å². The molecule has 0 aromatic carbocycles. The van der Waals surface area contributed by atoms with Gasteiger partial charge in [0.25, 0.3) is 0 Å². The molecule has 2 heterocycles. The first-order chi connectivity index (χ1) is 6.75. The minimum absolute atomic E-state index is 0.919. The molecular weight excluding hydrogens is 174 g/mol. The van der Waals surface area contributed by atoms with Gasteiger partial charge < -0.3 is 4.90 Å². The van der Waals surface area contributed by atoms with E-state index < -0.39 is 0 Å². The van der Waals surface area contributed by atoms with Crippen LogP contribution in [0.25, 0.3) is 0 Å². The van der Waals surface area contributed by atoms with Crippen molar-refractivity contribution in [3.63, 3.8) is 0 Å². The number of nitrogens with zero attached hydrogens (tertiary/aromatic N) is 3. The average Bonchev–Trinajstić information content (AvgIpc) is 2.18. The molecule has 1 aliphatic heterocycles. The standard InChI is InChI=1S/C11H17N3/c1-9-8-10(2)13-11(12-9)14-6-4-3-5-7-14/h8H,3-7H2,1-2H3. The molecule has 0 spiro atoms. The molecular formula is C11H17N3. The van der Waals surface area contributed by atoms with Gasteiger partial charge in [0.05, 0.1) is 0 Å². The Labute approximate surface area is 85.2 Å². The predicted molar refractivity (Wildman–Crippen MR) is 57.6 cm³/mol. The Morgan fingerprint density at radius 2 is 1.57 bits per heavy atom. The first kappa shape index (κ1) is 9.44. The zero-order valence-electron chi connectivity index (χ0n) is 8.95. The van der Waals surface area contributed by atoms with Crippen molar-refractivity contribution in [3.8, 4) is 0 Å². The van der Waals surface area contributed by atoms with Gasteiger partial charge in [-0.3, -0.25) is 0 Å². The second kappa shape index (κ2) is 3.95. The van der Waals surface area contributed by atoms with Gasteiger partial charge in [-0.15, -0.1) is 0 Å². The molecule has 3 heteroatoms. The average molecular weight is 191 g/mol. The van der Waals surface area contributed by atoms with Gasteiger partial charge in [-0.1, -0.05) is 0 Å². The van der Waals surface area contributed by atoms with Gasteiger partial charge in [0.15, 0.2) is 0 Å². The Bertz CT molecular complexity index is 296. The number of piperidine rings is 1. The molecule has 0 N–H and O–H groups in total. The van der Waals surface area contributed by atoms with Gasteiger partial charge >= 0.3 is 0 Å². The van der Waals surface area contributed by atoms with E-state index in [1.807, 2.05) is 19.9 Å². The number of aryl methyl sites for hydroxylation is 2. The molecule has 1 fully saturated rings. The predicted octanol–water partition coefficient (Wildman–Crippen LogP) is 2.08. The number of rotatable bonds is 1. The van der Waals surface area contributed by atoms with E-state index in [1.54, 1.807) is 0 Å². The number of hydrogen-bond acceptors (Lipinski definition) is 3. The van der Waals surface area contributed by atoms with Crippen molar-refractivity contribution in [1.29, 1.82) is 0 Å². The molecule has 0 unspecified atom stereocenters. The maximum atomic E-state index is 4.47. The summed E-state index contributed by atoms with van der Waals surface area (Å²) in [5.74, 6) is 0.919. The number of hydrogen-bond donors (Lipinski definition) is 0. The zero-order valence-corrected chi connectivity index (χ0v) is 8.95. The monoisotopic (exact) mass is 191 g/mol. The highest BCUT2D eigenvalue weighted by atomic mass is 15.2. The van der Waals surface area contributed by atoms with Gasteiger partial charge in [-0.25, -0.2) is 9.97 Å². The molecule has 3 nitrogen and oxygen atoms in total. The Kier molecular flexibility index (Phi) is 2.66. The van der Waals surface area contributed by atoms with Crippen LogP contribution >= 0.6 is 0 Å². The Balaban J connectivity index is 2.21. The molecule has 2 rings (SSSR count). The van der Waals surface area contributed by atoms with Crippen molar-refractivity contribution in [2.24, 2.45) is 0 Å². The van der Waals surface area contributed by atoms with Crippen LogP contribution in [0.2, 0.25) is 0 Å². The van der Waals surface area contributed by atoms with Gasteiger partial charge in [-0.05, 0) is 39.2 Å². The van der Waals surface area contributed by atoms with E-state index >= 15 is 0 Å². The summed E-state index contributed by atoms with van der Waals surface area (Å²) in [4.78, 5) is 11.2. The molecule has 1 aromatic rings. The van der Waals surface area contributed by atoms with Gasteiger partial charge in [0.1, 0.15) is 0 Å². The summed E-state index contributed by atoms with van der Waals surface area (Å²) in [6.07, 6.45) is 3.90. The van der Waals surface area contributed by atoms with Crippen LogP contribution in [0.1, 0.15) is 30.7 Å². The maximum absolute atomic E-state index is 4.47. The quantitative estimate of drug-likeness (QED) is 0.680. The largest absolute Gasteiger partial charge is 0.341 e. The van der Waals surface area contributed by atoms with E-state index in [2.05, 4.69) is 14.9 Å². The third-order valence-corrected chi connectivity index (χ3v) is 2.61. The highest BCUT2D eigenvalue weighted by molar-refractivity contribution is 5.32. The fraction of sp³-hybridized carbons (Fsp3) is 0.636. The molecule has 1 saturated heterocycles. The summed E-state index contributed by atoms with van der Waals surface area (Å²) < 4.78 is 0. The minimum Gasteiger partial charge on any atom is -0.341 e. The maximum Gasteiger partial charge on any atom is 0.225 e. The number of anilines is 1. The van der Waals surface area contributed by atoms with E-state index in [4.69, 9.17) is 0 Å². The lowest BCUT2D eigenvalue weighted by Gasteiger charge is -2.26. The van der Waals surface area contributed by atoms with Crippen LogP contribution in [0.3, 0.4) is 0 Å². The Morgan fingerprint density at radius 3 is 2.14 bits per heavy atom. The van der Waals surface area contributed by atoms with E-state index in [9.17, 15) is 0 Å². The molecule has 14 heavy (non-hydrogen) atoms. The molecule has 0 bridgehead atoms. The molecule has 1 aromatic heterocycles. The molecule has 0 amide bonds. The molecule has 0 atom stereocenters. The molecule has 0 radical (unpaired) electrons. The summed E-state index contributed by atoms with van der Waals surface area (Å²) in [5.41, 5.74) is 2.14. The first-order valence-corrected chi connectivity index (χ1v) is 5.33. The normalized spacial score (nSPS) is 17.1. The summed E-state index contributed by atoms with van der Waals surface area (Å²) in [7, 11) is 0. The molecule has 0 aliphatic carbocycles. The van der Waals surface area contributed by atoms with Crippen molar-refractivity contribution in [3.05, 3.63) is 17.5 Å². The van der Waals surface area contributed by atoms with Crippen LogP contribution in [0.5, 0.6) is 0 Å². The lowest BCUT2D eigenvalue weighted by Crippen LogP contribution is -2.31. The van der Waals surface area contributed by atoms with Crippen molar-refractivity contribution in [1.82, 2.24) is 9.97 Å². The van der Waals surface area contributed by atoms with Gasteiger partial charge in [0, 0.05) is 24.5 Å². The summed E-state index contributed by atoms with van der Waals surface area (Å²) in [6, 6.07) is 2.02. The summed E-state index contributed by atoms with van der Waals surface area (Å²) in [6.45, 7) is 6.29. The van der Waals surface area contributed by atoms with Crippen molar-refractivity contribution < 1.29 is 0 Å². The molecule has 0 saturated carbocycles. The fourth-order valence-corrected chi connectivity index (χ4v) is 1.94. The second-order valence-electron chi connectivity index (χ2n) is 4.00. The lowest BCUT2D eigenvalue weighted by molar-refractivity contribution is 0.567. The third-order valence-electron chi connectivity index (χ3n) is 2.61. The van der Waals surface area contributed by atoms with Crippen molar-refractivity contribution >= 4 is 5.95 Å². The van der Waals surface area contributed by atoms with Gasteiger partial charge in [-0.2, -0.15) is 0 Å². The van der Waals surface area contributed by atoms with Crippen LogP contribution in [0.4, 0.5) is 5.95 Å². The van der Waals surface area contributed by atoms with Crippen LogP contribution in [0.15, 0.2) is 6.07 Å². The minimum atomic E-state index is 0.919. The third kappa shape index (κ3) is 2.03. The second-order valence-corrected chi connectivity index (χ2v) is 4.00. The summed E-state index contributed by atoms with van der Waals surface area (Å²) >= 11 is 0. The van der Waals surface area contributed by atoms with Crippen LogP contribution < -0.4 is 4.90 Å². The van der Waals surface area contributed by atoms with E-state index in [0.717, 1.165) is 30.4 Å². The molecule has 1 aliphatic rings. The van der Waals surface area contributed by atoms with Crippen LogP contribution in [-0.4, -0.2) is 23.1 Å². The topological polar surface area (TPSA) is 29.0 Å². The van der Waals surface area contributed by atoms with Crippen LogP contribution in [0, 0.1) is 13.8 Å².